The summed E-state index contributed by atoms with van der Waals surface area (Å²) in [4.78, 5) is 31.6. The second kappa shape index (κ2) is 9.55. The summed E-state index contributed by atoms with van der Waals surface area (Å²) in [6.45, 7) is 0.949. The molecule has 0 fully saturated rings. The summed E-state index contributed by atoms with van der Waals surface area (Å²) in [6, 6.07) is 10.7. The molecule has 0 spiro atoms. The molecule has 168 valence electrons. The summed E-state index contributed by atoms with van der Waals surface area (Å²) in [6.07, 6.45) is 4.01. The van der Waals surface area contributed by atoms with Gasteiger partial charge in [0.05, 0.1) is 20.0 Å². The number of amides is 1. The van der Waals surface area contributed by atoms with Crippen molar-refractivity contribution in [2.45, 2.75) is 4.90 Å². The Balaban J connectivity index is 1.93. The maximum atomic E-state index is 13.0. The fourth-order valence-electron chi connectivity index (χ4n) is 2.84. The molecule has 0 saturated carbocycles. The normalized spacial score (nSPS) is 12.0. The number of nitro benzene ring substituents is 1. The van der Waals surface area contributed by atoms with Crippen molar-refractivity contribution < 1.29 is 18.1 Å². The summed E-state index contributed by atoms with van der Waals surface area (Å²) in [5.41, 5.74) is 1.07. The third-order valence-electron chi connectivity index (χ3n) is 4.54. The molecule has 0 unspecified atom stereocenters. The molecule has 1 amide bonds. The fraction of sp³-hybridized carbons (Fsp3) is 0.238. The van der Waals surface area contributed by atoms with Gasteiger partial charge >= 0.3 is 0 Å². The number of aromatic nitrogens is 1. The van der Waals surface area contributed by atoms with Crippen molar-refractivity contribution in [3.8, 4) is 0 Å². The number of anilines is 1. The van der Waals surface area contributed by atoms with E-state index >= 15 is 0 Å². The monoisotopic (exact) mass is 474 g/mol. The number of hydrogen-bond donors (Lipinski definition) is 0. The zero-order valence-corrected chi connectivity index (χ0v) is 19.4. The number of hydrogen-bond acceptors (Lipinski definition) is 8. The number of thiazole rings is 1. The molecule has 11 heteroatoms. The molecule has 0 aliphatic carbocycles. The van der Waals surface area contributed by atoms with Crippen LogP contribution in [0.2, 0.25) is 0 Å². The lowest BCUT2D eigenvalue weighted by molar-refractivity contribution is -0.384. The highest BCUT2D eigenvalue weighted by Gasteiger charge is 2.19. The van der Waals surface area contributed by atoms with Gasteiger partial charge in [0.25, 0.3) is 11.6 Å². The third-order valence-corrected chi connectivity index (χ3v) is 6.70. The van der Waals surface area contributed by atoms with E-state index in [-0.39, 0.29) is 16.5 Å². The third kappa shape index (κ3) is 5.75. The Kier molecular flexibility index (Phi) is 7.02. The van der Waals surface area contributed by atoms with Crippen LogP contribution in [0.3, 0.4) is 0 Å². The highest BCUT2D eigenvalue weighted by molar-refractivity contribution is 7.90. The maximum Gasteiger partial charge on any atom is 0.270 e. The van der Waals surface area contributed by atoms with Crippen LogP contribution in [0, 0.1) is 10.1 Å². The molecule has 0 atom stereocenters. The van der Waals surface area contributed by atoms with Gasteiger partial charge in [0, 0.05) is 37.6 Å². The van der Waals surface area contributed by atoms with Gasteiger partial charge in [0.15, 0.2) is 15.0 Å². The standard InChI is InChI=1S/C21H22N4O5S2/c1-23(2)11-12-24(20(26)10-7-15-5-4-6-16(13-15)25(27)28)21-22-18-9-8-17(32(3,29)30)14-19(18)31-21/h4-10,13-14H,11-12H2,1-3H3/b10-7+. The van der Waals surface area contributed by atoms with Crippen LogP contribution in [0.25, 0.3) is 16.3 Å². The minimum atomic E-state index is -3.36. The first-order valence-corrected chi connectivity index (χ1v) is 12.2. The van der Waals surface area contributed by atoms with Crippen LogP contribution in [0.5, 0.6) is 0 Å². The molecule has 3 aromatic rings. The SMILES string of the molecule is CN(C)CCN(C(=O)/C=C/c1cccc([N+](=O)[O-])c1)c1nc2ccc(S(C)(=O)=O)cc2s1. The zero-order chi connectivity index (χ0) is 23.5. The van der Waals surface area contributed by atoms with E-state index in [4.69, 9.17) is 0 Å². The minimum Gasteiger partial charge on any atom is -0.308 e. The first-order valence-electron chi connectivity index (χ1n) is 9.54. The largest absolute Gasteiger partial charge is 0.308 e. The van der Waals surface area contributed by atoms with E-state index in [1.165, 1.54) is 46.6 Å². The Hall–Kier alpha value is -3.15. The predicted octanol–water partition coefficient (Wildman–Crippen LogP) is 3.22. The smallest absolute Gasteiger partial charge is 0.270 e. The van der Waals surface area contributed by atoms with Crippen LogP contribution < -0.4 is 4.90 Å². The minimum absolute atomic E-state index is 0.0584. The second-order valence-corrected chi connectivity index (χ2v) is 10.4. The lowest BCUT2D eigenvalue weighted by Crippen LogP contribution is -2.35. The van der Waals surface area contributed by atoms with Crippen molar-refractivity contribution in [1.29, 1.82) is 0 Å². The molecule has 1 aromatic heterocycles. The quantitative estimate of drug-likeness (QED) is 0.280. The molecule has 1 heterocycles. The van der Waals surface area contributed by atoms with Crippen LogP contribution in [0.1, 0.15) is 5.56 Å². The Morgan fingerprint density at radius 1 is 1.19 bits per heavy atom. The number of non-ortho nitro benzene ring substituents is 1. The number of sulfone groups is 1. The molecule has 3 rings (SSSR count). The number of nitro groups is 1. The molecule has 0 N–H and O–H groups in total. The molecule has 9 nitrogen and oxygen atoms in total. The average molecular weight is 475 g/mol. The molecule has 0 aliphatic rings. The molecular weight excluding hydrogens is 452 g/mol. The van der Waals surface area contributed by atoms with E-state index in [1.807, 2.05) is 19.0 Å². The molecule has 0 bridgehead atoms. The summed E-state index contributed by atoms with van der Waals surface area (Å²) < 4.78 is 24.4. The number of likely N-dealkylation sites (N-methyl/N-ethyl adjacent to an activating group) is 1. The van der Waals surface area contributed by atoms with E-state index in [0.29, 0.717) is 34.0 Å². The van der Waals surface area contributed by atoms with Gasteiger partial charge in [-0.15, -0.1) is 0 Å². The van der Waals surface area contributed by atoms with Gasteiger partial charge in [0.1, 0.15) is 0 Å². The highest BCUT2D eigenvalue weighted by atomic mass is 32.2. The molecule has 0 saturated heterocycles. The van der Waals surface area contributed by atoms with Crippen LogP contribution in [-0.4, -0.2) is 62.6 Å². The molecule has 0 aliphatic heterocycles. The van der Waals surface area contributed by atoms with Gasteiger partial charge in [-0.1, -0.05) is 23.5 Å². The van der Waals surface area contributed by atoms with Crippen molar-refractivity contribution in [2.24, 2.45) is 0 Å². The van der Waals surface area contributed by atoms with Crippen molar-refractivity contribution in [3.63, 3.8) is 0 Å². The molecule has 0 radical (unpaired) electrons. The first-order chi connectivity index (χ1) is 15.0. The van der Waals surface area contributed by atoms with E-state index in [0.717, 1.165) is 6.26 Å². The van der Waals surface area contributed by atoms with Crippen LogP contribution in [0.15, 0.2) is 53.4 Å². The van der Waals surface area contributed by atoms with Crippen LogP contribution in [0.4, 0.5) is 10.8 Å². The van der Waals surface area contributed by atoms with E-state index < -0.39 is 14.8 Å². The molecular formula is C21H22N4O5S2. The maximum absolute atomic E-state index is 13.0. The van der Waals surface area contributed by atoms with Gasteiger partial charge in [-0.25, -0.2) is 13.4 Å². The predicted molar refractivity (Wildman–Crippen MR) is 126 cm³/mol. The van der Waals surface area contributed by atoms with E-state index in [2.05, 4.69) is 4.98 Å². The summed E-state index contributed by atoms with van der Waals surface area (Å²) >= 11 is 1.23. The van der Waals surface area contributed by atoms with Crippen molar-refractivity contribution in [3.05, 3.63) is 64.2 Å². The summed E-state index contributed by atoms with van der Waals surface area (Å²) in [5.74, 6) is -0.333. The van der Waals surface area contributed by atoms with E-state index in [1.54, 1.807) is 24.3 Å². The van der Waals surface area contributed by atoms with Gasteiger partial charge in [0.2, 0.25) is 0 Å². The van der Waals surface area contributed by atoms with Crippen molar-refractivity contribution in [2.75, 3.05) is 38.3 Å². The van der Waals surface area contributed by atoms with Gasteiger partial charge in [-0.3, -0.25) is 19.8 Å². The number of benzene rings is 2. The Bertz CT molecular complexity index is 1300. The average Bonchev–Trinajstić information content (AvgIpc) is 3.14. The lowest BCUT2D eigenvalue weighted by Gasteiger charge is -2.20. The van der Waals surface area contributed by atoms with E-state index in [9.17, 15) is 23.3 Å². The summed E-state index contributed by atoms with van der Waals surface area (Å²) in [7, 11) is 0.415. The zero-order valence-electron chi connectivity index (χ0n) is 17.8. The number of fused-ring (bicyclic) bond motifs is 1. The number of carbonyl (C=O) groups is 1. The van der Waals surface area contributed by atoms with Gasteiger partial charge in [-0.2, -0.15) is 0 Å². The lowest BCUT2D eigenvalue weighted by atomic mass is 10.2. The molecule has 2 aromatic carbocycles. The Labute approximate surface area is 189 Å². The van der Waals surface area contributed by atoms with Crippen LogP contribution >= 0.6 is 11.3 Å². The topological polar surface area (TPSA) is 114 Å². The second-order valence-electron chi connectivity index (χ2n) is 7.38. The summed E-state index contributed by atoms with van der Waals surface area (Å²) in [5, 5.41) is 11.4. The fourth-order valence-corrected chi connectivity index (χ4v) is 4.60. The number of nitrogens with zero attached hydrogens (tertiary/aromatic N) is 4. The van der Waals surface area contributed by atoms with Gasteiger partial charge < -0.3 is 4.90 Å². The molecule has 32 heavy (non-hydrogen) atoms. The van der Waals surface area contributed by atoms with Gasteiger partial charge in [-0.05, 0) is 43.9 Å². The Morgan fingerprint density at radius 3 is 2.59 bits per heavy atom. The highest BCUT2D eigenvalue weighted by Crippen LogP contribution is 2.31. The first kappa shape index (κ1) is 23.5. The Morgan fingerprint density at radius 2 is 1.94 bits per heavy atom. The number of rotatable bonds is 8. The van der Waals surface area contributed by atoms with Crippen molar-refractivity contribution >= 4 is 54.2 Å². The number of carbonyl (C=O) groups excluding carboxylic acids is 1. The van der Waals surface area contributed by atoms with Crippen molar-refractivity contribution in [1.82, 2.24) is 9.88 Å². The van der Waals surface area contributed by atoms with Crippen LogP contribution in [-0.2, 0) is 14.6 Å².